The number of benzene rings is 3. The van der Waals surface area contributed by atoms with Crippen molar-refractivity contribution in [2.24, 2.45) is 0 Å². The van der Waals surface area contributed by atoms with Crippen molar-refractivity contribution in [1.82, 2.24) is 0 Å². The van der Waals surface area contributed by atoms with Gasteiger partial charge < -0.3 is 14.8 Å². The summed E-state index contributed by atoms with van der Waals surface area (Å²) in [7, 11) is 1.49. The van der Waals surface area contributed by atoms with Crippen LogP contribution in [0.4, 0.5) is 11.4 Å². The Morgan fingerprint density at radius 1 is 1.13 bits per heavy atom. The van der Waals surface area contributed by atoms with Crippen LogP contribution < -0.4 is 19.7 Å². The SMILES string of the molecule is CCOc1ccc(N2C(=O)C(Cc3ccc(Cl)cc3Cl)S/C2=C(/C#N)C(=O)Nc2ccccc2OC)cc1. The molecule has 38 heavy (non-hydrogen) atoms. The average Bonchev–Trinajstić information content (AvgIpc) is 3.22. The number of rotatable bonds is 8. The van der Waals surface area contributed by atoms with E-state index in [1.165, 1.54) is 12.0 Å². The highest BCUT2D eigenvalue weighted by Crippen LogP contribution is 2.43. The molecule has 1 heterocycles. The van der Waals surface area contributed by atoms with Crippen molar-refractivity contribution >= 4 is 58.2 Å². The summed E-state index contributed by atoms with van der Waals surface area (Å²) in [5.74, 6) is 0.142. The highest BCUT2D eigenvalue weighted by Gasteiger charge is 2.41. The number of nitriles is 1. The molecular formula is C28H23Cl2N3O4S. The Bertz CT molecular complexity index is 1440. The number of carbonyl (C=O) groups is 2. The molecule has 0 bridgehead atoms. The Kier molecular flexibility index (Phi) is 8.85. The molecule has 3 aromatic carbocycles. The van der Waals surface area contributed by atoms with Gasteiger partial charge in [0.15, 0.2) is 0 Å². The summed E-state index contributed by atoms with van der Waals surface area (Å²) < 4.78 is 10.8. The number of ether oxygens (including phenoxy) is 2. The second-order valence-electron chi connectivity index (χ2n) is 8.09. The van der Waals surface area contributed by atoms with Crippen LogP contribution in [0.25, 0.3) is 0 Å². The van der Waals surface area contributed by atoms with Gasteiger partial charge in [0, 0.05) is 15.7 Å². The van der Waals surface area contributed by atoms with Crippen LogP contribution in [0.5, 0.6) is 11.5 Å². The molecule has 0 radical (unpaired) electrons. The first-order valence-corrected chi connectivity index (χ1v) is 13.3. The Balaban J connectivity index is 1.74. The van der Waals surface area contributed by atoms with Crippen molar-refractivity contribution in [2.45, 2.75) is 18.6 Å². The largest absolute Gasteiger partial charge is 0.495 e. The second kappa shape index (κ2) is 12.3. The maximum atomic E-state index is 13.7. The summed E-state index contributed by atoms with van der Waals surface area (Å²) in [5, 5.41) is 13.3. The zero-order valence-electron chi connectivity index (χ0n) is 20.5. The van der Waals surface area contributed by atoms with Crippen LogP contribution in [0.3, 0.4) is 0 Å². The van der Waals surface area contributed by atoms with Crippen LogP contribution in [0.2, 0.25) is 10.0 Å². The van der Waals surface area contributed by atoms with Crippen molar-refractivity contribution in [1.29, 1.82) is 5.26 Å². The quantitative estimate of drug-likeness (QED) is 0.248. The van der Waals surface area contributed by atoms with E-state index in [0.717, 1.165) is 17.3 Å². The van der Waals surface area contributed by atoms with Crippen LogP contribution in [-0.2, 0) is 16.0 Å². The molecule has 1 aliphatic rings. The molecule has 194 valence electrons. The lowest BCUT2D eigenvalue weighted by Gasteiger charge is -2.19. The van der Waals surface area contributed by atoms with Gasteiger partial charge in [-0.2, -0.15) is 5.26 Å². The van der Waals surface area contributed by atoms with Crippen molar-refractivity contribution in [3.05, 3.63) is 92.9 Å². The third-order valence-electron chi connectivity index (χ3n) is 5.69. The van der Waals surface area contributed by atoms with Crippen molar-refractivity contribution in [3.63, 3.8) is 0 Å². The number of hydrogen-bond donors (Lipinski definition) is 1. The van der Waals surface area contributed by atoms with Crippen LogP contribution in [0.1, 0.15) is 12.5 Å². The topological polar surface area (TPSA) is 91.7 Å². The Morgan fingerprint density at radius 3 is 2.53 bits per heavy atom. The van der Waals surface area contributed by atoms with Crippen molar-refractivity contribution in [2.75, 3.05) is 23.9 Å². The molecule has 1 unspecified atom stereocenters. The number of thioether (sulfide) groups is 1. The van der Waals surface area contributed by atoms with E-state index in [1.807, 2.05) is 13.0 Å². The molecule has 1 fully saturated rings. The van der Waals surface area contributed by atoms with Gasteiger partial charge in [0.1, 0.15) is 28.2 Å². The first kappa shape index (κ1) is 27.4. The minimum absolute atomic E-state index is 0.201. The highest BCUT2D eigenvalue weighted by atomic mass is 35.5. The zero-order chi connectivity index (χ0) is 27.2. The third kappa shape index (κ3) is 5.91. The van der Waals surface area contributed by atoms with Gasteiger partial charge in [0.25, 0.3) is 5.91 Å². The average molecular weight is 568 g/mol. The second-order valence-corrected chi connectivity index (χ2v) is 10.1. The van der Waals surface area contributed by atoms with Gasteiger partial charge in [0.05, 0.1) is 24.7 Å². The van der Waals surface area contributed by atoms with Crippen LogP contribution in [0.15, 0.2) is 77.3 Å². The zero-order valence-corrected chi connectivity index (χ0v) is 22.9. The molecule has 0 spiro atoms. The van der Waals surface area contributed by atoms with E-state index < -0.39 is 11.2 Å². The molecule has 1 N–H and O–H groups in total. The van der Waals surface area contributed by atoms with Crippen LogP contribution >= 0.6 is 35.0 Å². The fraction of sp³-hybridized carbons (Fsp3) is 0.179. The lowest BCUT2D eigenvalue weighted by atomic mass is 10.1. The van der Waals surface area contributed by atoms with Gasteiger partial charge >= 0.3 is 0 Å². The predicted molar refractivity (Wildman–Crippen MR) is 151 cm³/mol. The highest BCUT2D eigenvalue weighted by molar-refractivity contribution is 8.05. The first-order valence-electron chi connectivity index (χ1n) is 11.6. The molecule has 3 aromatic rings. The molecule has 4 rings (SSSR count). The smallest absolute Gasteiger partial charge is 0.269 e. The van der Waals surface area contributed by atoms with Crippen molar-refractivity contribution < 1.29 is 19.1 Å². The molecule has 0 saturated carbocycles. The molecule has 1 atom stereocenters. The molecular weight excluding hydrogens is 545 g/mol. The van der Waals surface area contributed by atoms with Gasteiger partial charge in [-0.1, -0.05) is 53.2 Å². The van der Waals surface area contributed by atoms with Gasteiger partial charge in [0.2, 0.25) is 5.91 Å². The lowest BCUT2D eigenvalue weighted by molar-refractivity contribution is -0.117. The molecule has 10 heteroatoms. The van der Waals surface area contributed by atoms with Gasteiger partial charge in [-0.25, -0.2) is 0 Å². The minimum atomic E-state index is -0.659. The van der Waals surface area contributed by atoms with Crippen LogP contribution in [0, 0.1) is 11.3 Å². The number of methoxy groups -OCH3 is 1. The Hall–Kier alpha value is -3.64. The number of amides is 2. The number of nitrogens with zero attached hydrogens (tertiary/aromatic N) is 2. The summed E-state index contributed by atoms with van der Waals surface area (Å²) in [6.45, 7) is 2.37. The Morgan fingerprint density at radius 2 is 1.87 bits per heavy atom. The van der Waals surface area contributed by atoms with Gasteiger partial charge in [-0.15, -0.1) is 0 Å². The number of para-hydroxylation sites is 2. The summed E-state index contributed by atoms with van der Waals surface area (Å²) in [6.07, 6.45) is 0.281. The summed E-state index contributed by atoms with van der Waals surface area (Å²) >= 11 is 13.6. The predicted octanol–water partition coefficient (Wildman–Crippen LogP) is 6.47. The number of carbonyl (C=O) groups excluding carboxylic acids is 2. The summed E-state index contributed by atoms with van der Waals surface area (Å²) in [4.78, 5) is 28.4. The molecule has 2 amide bonds. The Labute approximate surface area is 234 Å². The molecule has 0 aliphatic carbocycles. The summed E-state index contributed by atoms with van der Waals surface area (Å²) in [5.41, 5.74) is 1.43. The standard InChI is InChI=1S/C28H23Cl2N3O4S/c1-3-37-20-12-10-19(11-13-20)33-27(35)25(14-17-8-9-18(29)15-22(17)30)38-28(33)21(16-31)26(34)32-23-6-4-5-7-24(23)36-2/h4-13,15,25H,3,14H2,1-2H3,(H,32,34)/b28-21-. The monoisotopic (exact) mass is 567 g/mol. The minimum Gasteiger partial charge on any atom is -0.495 e. The first-order chi connectivity index (χ1) is 18.4. The van der Waals surface area contributed by atoms with E-state index in [-0.39, 0.29) is 22.9 Å². The third-order valence-corrected chi connectivity index (χ3v) is 7.54. The van der Waals surface area contributed by atoms with Gasteiger partial charge in [-0.3, -0.25) is 14.5 Å². The van der Waals surface area contributed by atoms with E-state index >= 15 is 0 Å². The van der Waals surface area contributed by atoms with E-state index in [0.29, 0.717) is 39.5 Å². The van der Waals surface area contributed by atoms with Crippen molar-refractivity contribution in [3.8, 4) is 17.6 Å². The van der Waals surface area contributed by atoms with Gasteiger partial charge in [-0.05, 0) is 67.4 Å². The fourth-order valence-corrected chi connectivity index (χ4v) is 5.68. The molecule has 7 nitrogen and oxygen atoms in total. The number of anilines is 2. The molecule has 1 aliphatic heterocycles. The maximum Gasteiger partial charge on any atom is 0.269 e. The van der Waals surface area contributed by atoms with E-state index in [4.69, 9.17) is 32.7 Å². The van der Waals surface area contributed by atoms with Crippen LogP contribution in [-0.4, -0.2) is 30.8 Å². The maximum absolute atomic E-state index is 13.7. The normalized spacial score (nSPS) is 16.1. The summed E-state index contributed by atoms with van der Waals surface area (Å²) in [6, 6.07) is 20.9. The van der Waals surface area contributed by atoms with E-state index in [2.05, 4.69) is 5.32 Å². The fourth-order valence-electron chi connectivity index (χ4n) is 3.90. The molecule has 0 aromatic heterocycles. The molecule has 1 saturated heterocycles. The number of nitrogens with one attached hydrogen (secondary N) is 1. The van der Waals surface area contributed by atoms with E-state index in [1.54, 1.807) is 66.7 Å². The van der Waals surface area contributed by atoms with E-state index in [9.17, 15) is 14.9 Å². The number of hydrogen-bond acceptors (Lipinski definition) is 6. The lowest BCUT2D eigenvalue weighted by Crippen LogP contribution is -2.31. The number of halogens is 2.